The molecular weight excluding hydrogens is 216 g/mol. The second-order valence-corrected chi connectivity index (χ2v) is 8.57. The normalized spacial score (nSPS) is 59.3. The lowest BCUT2D eigenvalue weighted by Crippen LogP contribution is -2.09. The molecule has 0 radical (unpaired) electrons. The summed E-state index contributed by atoms with van der Waals surface area (Å²) in [5.41, 5.74) is 0.777. The molecule has 0 heteroatoms. The second kappa shape index (κ2) is 3.55. The third kappa shape index (κ3) is 1.56. The van der Waals surface area contributed by atoms with Crippen LogP contribution in [0.4, 0.5) is 0 Å². The highest BCUT2D eigenvalue weighted by Crippen LogP contribution is 2.77. The highest BCUT2D eigenvalue weighted by atomic mass is 14.8. The molecule has 4 aliphatic carbocycles. The average Bonchev–Trinajstić information content (AvgIpc) is 3.13. The molecule has 0 nitrogen and oxygen atoms in total. The Hall–Kier alpha value is 0. The zero-order valence-electron chi connectivity index (χ0n) is 12.7. The maximum absolute atomic E-state index is 2.63. The molecular formula is C18H30. The van der Waals surface area contributed by atoms with E-state index in [1.165, 1.54) is 12.8 Å². The first kappa shape index (κ1) is 11.8. The summed E-state index contributed by atoms with van der Waals surface area (Å²) in [6.45, 7) is 10.1. The summed E-state index contributed by atoms with van der Waals surface area (Å²) in [6, 6.07) is 0. The van der Waals surface area contributed by atoms with Crippen molar-refractivity contribution in [2.45, 2.75) is 59.8 Å². The zero-order valence-corrected chi connectivity index (χ0v) is 12.7. The zero-order chi connectivity index (χ0) is 12.7. The quantitative estimate of drug-likeness (QED) is 0.641. The Morgan fingerprint density at radius 2 is 1.94 bits per heavy atom. The molecule has 0 aliphatic heterocycles. The van der Waals surface area contributed by atoms with Crippen molar-refractivity contribution in [3.63, 3.8) is 0 Å². The van der Waals surface area contributed by atoms with E-state index in [-0.39, 0.29) is 0 Å². The molecule has 0 amide bonds. The summed E-state index contributed by atoms with van der Waals surface area (Å²) in [7, 11) is 0. The summed E-state index contributed by atoms with van der Waals surface area (Å²) in [6.07, 6.45) is 7.66. The van der Waals surface area contributed by atoms with Gasteiger partial charge in [0, 0.05) is 0 Å². The van der Waals surface area contributed by atoms with Gasteiger partial charge in [-0.2, -0.15) is 0 Å². The van der Waals surface area contributed by atoms with Crippen LogP contribution in [0.3, 0.4) is 0 Å². The van der Waals surface area contributed by atoms with E-state index < -0.39 is 0 Å². The van der Waals surface area contributed by atoms with Crippen molar-refractivity contribution in [1.29, 1.82) is 0 Å². The summed E-state index contributed by atoms with van der Waals surface area (Å²) < 4.78 is 0. The van der Waals surface area contributed by atoms with Crippen LogP contribution < -0.4 is 0 Å². The van der Waals surface area contributed by atoms with Gasteiger partial charge >= 0.3 is 0 Å². The fourth-order valence-electron chi connectivity index (χ4n) is 5.86. The van der Waals surface area contributed by atoms with Crippen LogP contribution >= 0.6 is 0 Å². The van der Waals surface area contributed by atoms with Gasteiger partial charge in [-0.25, -0.2) is 0 Å². The lowest BCUT2D eigenvalue weighted by molar-refractivity contribution is 0.335. The topological polar surface area (TPSA) is 0 Å². The molecule has 0 N–H and O–H groups in total. The highest BCUT2D eigenvalue weighted by molar-refractivity contribution is 5.19. The Labute approximate surface area is 113 Å². The Bertz CT molecular complexity index is 355. The van der Waals surface area contributed by atoms with Gasteiger partial charge in [-0.05, 0) is 78.4 Å². The van der Waals surface area contributed by atoms with Gasteiger partial charge in [-0.15, -0.1) is 0 Å². The Morgan fingerprint density at radius 3 is 2.39 bits per heavy atom. The molecule has 4 aliphatic rings. The molecule has 18 heavy (non-hydrogen) atoms. The first-order valence-electron chi connectivity index (χ1n) is 8.58. The van der Waals surface area contributed by atoms with Crippen LogP contribution in [0, 0.1) is 52.8 Å². The summed E-state index contributed by atoms with van der Waals surface area (Å²) >= 11 is 0. The highest BCUT2D eigenvalue weighted by Gasteiger charge is 2.71. The van der Waals surface area contributed by atoms with Crippen molar-refractivity contribution in [3.8, 4) is 0 Å². The Kier molecular flexibility index (Phi) is 2.33. The van der Waals surface area contributed by atoms with Crippen molar-refractivity contribution in [3.05, 3.63) is 0 Å². The van der Waals surface area contributed by atoms with E-state index in [0.29, 0.717) is 0 Å². The number of hydrogen-bond donors (Lipinski definition) is 0. The van der Waals surface area contributed by atoms with Crippen molar-refractivity contribution >= 4 is 0 Å². The third-order valence-corrected chi connectivity index (χ3v) is 7.47. The molecule has 0 heterocycles. The SMILES string of the molecule is CCC1CC1(C)C1C(C2CC2)C1C(C)C1CC1C. The van der Waals surface area contributed by atoms with Crippen LogP contribution in [-0.4, -0.2) is 0 Å². The number of rotatable bonds is 5. The van der Waals surface area contributed by atoms with Gasteiger partial charge < -0.3 is 0 Å². The lowest BCUT2D eigenvalue weighted by Gasteiger charge is -2.14. The van der Waals surface area contributed by atoms with E-state index in [1.807, 2.05) is 0 Å². The van der Waals surface area contributed by atoms with Crippen molar-refractivity contribution < 1.29 is 0 Å². The van der Waals surface area contributed by atoms with Gasteiger partial charge in [0.25, 0.3) is 0 Å². The maximum atomic E-state index is 2.63. The van der Waals surface area contributed by atoms with Crippen LogP contribution in [0.2, 0.25) is 0 Å². The predicted octanol–water partition coefficient (Wildman–Crippen LogP) is 4.99. The largest absolute Gasteiger partial charge is 0.0651 e. The molecule has 0 aromatic carbocycles. The Morgan fingerprint density at radius 1 is 1.28 bits per heavy atom. The predicted molar refractivity (Wildman–Crippen MR) is 76.1 cm³/mol. The molecule has 102 valence electrons. The van der Waals surface area contributed by atoms with Crippen LogP contribution in [-0.2, 0) is 0 Å². The van der Waals surface area contributed by atoms with Gasteiger partial charge in [0.05, 0.1) is 0 Å². The monoisotopic (exact) mass is 246 g/mol. The van der Waals surface area contributed by atoms with E-state index in [0.717, 1.165) is 52.8 Å². The minimum atomic E-state index is 0.777. The van der Waals surface area contributed by atoms with Gasteiger partial charge in [0.15, 0.2) is 0 Å². The minimum Gasteiger partial charge on any atom is -0.0651 e. The molecule has 4 saturated carbocycles. The second-order valence-electron chi connectivity index (χ2n) is 8.57. The lowest BCUT2D eigenvalue weighted by atomic mass is 9.90. The molecule has 0 bridgehead atoms. The van der Waals surface area contributed by atoms with Crippen molar-refractivity contribution in [2.24, 2.45) is 52.8 Å². The summed E-state index contributed by atoms with van der Waals surface area (Å²) in [5, 5.41) is 0. The van der Waals surface area contributed by atoms with E-state index in [2.05, 4.69) is 27.7 Å². The minimum absolute atomic E-state index is 0.777. The van der Waals surface area contributed by atoms with Gasteiger partial charge in [0.2, 0.25) is 0 Å². The summed E-state index contributed by atoms with van der Waals surface area (Å²) in [4.78, 5) is 0. The summed E-state index contributed by atoms with van der Waals surface area (Å²) in [5.74, 6) is 8.87. The molecule has 8 atom stereocenters. The molecule has 0 aromatic heterocycles. The van der Waals surface area contributed by atoms with Crippen LogP contribution in [0.5, 0.6) is 0 Å². The van der Waals surface area contributed by atoms with E-state index in [1.54, 1.807) is 19.3 Å². The van der Waals surface area contributed by atoms with E-state index in [4.69, 9.17) is 0 Å². The molecule has 0 aromatic rings. The van der Waals surface area contributed by atoms with E-state index in [9.17, 15) is 0 Å². The smallest absolute Gasteiger partial charge is 0.0261 e. The Balaban J connectivity index is 1.49. The fraction of sp³-hybridized carbons (Fsp3) is 1.00. The van der Waals surface area contributed by atoms with Crippen LogP contribution in [0.15, 0.2) is 0 Å². The molecule has 4 fully saturated rings. The standard InChI is InChI=1S/C18H30/c1-5-13-9-18(13,4)17-15(16(17)12-6-7-12)11(3)14-8-10(14)2/h10-17H,5-9H2,1-4H3. The molecule has 0 saturated heterocycles. The third-order valence-electron chi connectivity index (χ3n) is 7.47. The van der Waals surface area contributed by atoms with Gasteiger partial charge in [0.1, 0.15) is 0 Å². The van der Waals surface area contributed by atoms with Gasteiger partial charge in [-0.3, -0.25) is 0 Å². The number of hydrogen-bond acceptors (Lipinski definition) is 0. The fourth-order valence-corrected chi connectivity index (χ4v) is 5.86. The van der Waals surface area contributed by atoms with Gasteiger partial charge in [-0.1, -0.05) is 34.1 Å². The average molecular weight is 246 g/mol. The van der Waals surface area contributed by atoms with E-state index >= 15 is 0 Å². The van der Waals surface area contributed by atoms with Crippen molar-refractivity contribution in [1.82, 2.24) is 0 Å². The first-order valence-corrected chi connectivity index (χ1v) is 8.58. The van der Waals surface area contributed by atoms with Crippen LogP contribution in [0.1, 0.15) is 59.8 Å². The molecule has 8 unspecified atom stereocenters. The van der Waals surface area contributed by atoms with Crippen LogP contribution in [0.25, 0.3) is 0 Å². The molecule has 0 spiro atoms. The first-order chi connectivity index (χ1) is 8.58. The maximum Gasteiger partial charge on any atom is -0.0261 e. The van der Waals surface area contributed by atoms with Crippen molar-refractivity contribution in [2.75, 3.05) is 0 Å². The molecule has 4 rings (SSSR count).